The van der Waals surface area contributed by atoms with Gasteiger partial charge in [0, 0.05) is 13.1 Å². The molecule has 3 N–H and O–H groups in total. The Morgan fingerprint density at radius 1 is 0.955 bits per heavy atom. The first-order chi connectivity index (χ1) is 10.3. The van der Waals surface area contributed by atoms with E-state index in [0.717, 1.165) is 13.0 Å². The Morgan fingerprint density at radius 2 is 1.45 bits per heavy atom. The molecule has 2 aromatic heterocycles. The number of fused-ring (bicyclic) bond motifs is 1. The van der Waals surface area contributed by atoms with Crippen molar-refractivity contribution in [2.75, 3.05) is 23.7 Å². The maximum atomic E-state index is 9.84. The van der Waals surface area contributed by atoms with Gasteiger partial charge in [-0.05, 0) is 43.5 Å². The lowest BCUT2D eigenvalue weighted by Crippen LogP contribution is -2.29. The van der Waals surface area contributed by atoms with Crippen molar-refractivity contribution in [1.29, 1.82) is 0 Å². The minimum atomic E-state index is -0.913. The Kier molecular flexibility index (Phi) is 5.20. The first-order valence-corrected chi connectivity index (χ1v) is 7.66. The predicted molar refractivity (Wildman–Crippen MR) is 88.7 cm³/mol. The van der Waals surface area contributed by atoms with Crippen LogP contribution in [-0.2, 0) is 0 Å². The highest BCUT2D eigenvalue weighted by Crippen LogP contribution is 2.27. The maximum Gasteiger partial charge on any atom is 0.225 e. The van der Waals surface area contributed by atoms with E-state index in [0.29, 0.717) is 22.7 Å². The Hall–Kier alpha value is -1.44. The van der Waals surface area contributed by atoms with Gasteiger partial charge in [0.1, 0.15) is 11.0 Å². The minimum absolute atomic E-state index is 0.0659. The predicted octanol–water partition coefficient (Wildman–Crippen LogP) is 2.73. The van der Waals surface area contributed by atoms with Crippen molar-refractivity contribution in [2.24, 2.45) is 0 Å². The number of hydrogen-bond acceptors (Lipinski definition) is 7. The summed E-state index contributed by atoms with van der Waals surface area (Å²) in [6.45, 7) is 6.39. The van der Waals surface area contributed by atoms with Gasteiger partial charge in [-0.3, -0.25) is 0 Å². The highest BCUT2D eigenvalue weighted by atomic mass is 35.5. The normalized spacial score (nSPS) is 11.7. The van der Waals surface area contributed by atoms with E-state index in [1.54, 1.807) is 13.8 Å². The van der Waals surface area contributed by atoms with Crippen LogP contribution in [0.4, 0.5) is 11.6 Å². The summed E-state index contributed by atoms with van der Waals surface area (Å²) >= 11 is 12.0. The summed E-state index contributed by atoms with van der Waals surface area (Å²) in [6.07, 6.45) is 0.922. The summed E-state index contributed by atoms with van der Waals surface area (Å²) in [5.41, 5.74) is 0.0208. The van der Waals surface area contributed by atoms with Crippen LogP contribution in [0.15, 0.2) is 0 Å². The molecule has 120 valence electrons. The molecule has 0 atom stereocenters. The third-order valence-electron chi connectivity index (χ3n) is 2.72. The van der Waals surface area contributed by atoms with E-state index in [2.05, 4.69) is 30.6 Å². The maximum absolute atomic E-state index is 9.84. The fourth-order valence-electron chi connectivity index (χ4n) is 1.75. The number of nitrogens with one attached hydrogen (secondary N) is 2. The van der Waals surface area contributed by atoms with Crippen LogP contribution in [0.1, 0.15) is 27.2 Å². The molecule has 0 amide bonds. The van der Waals surface area contributed by atoms with Crippen LogP contribution >= 0.6 is 23.2 Å². The molecular formula is C13H18Cl2N6O. The first-order valence-electron chi connectivity index (χ1n) is 6.91. The topological polar surface area (TPSA) is 95.9 Å². The van der Waals surface area contributed by atoms with E-state index >= 15 is 0 Å². The zero-order valence-electron chi connectivity index (χ0n) is 12.6. The van der Waals surface area contributed by atoms with Crippen molar-refractivity contribution in [1.82, 2.24) is 19.9 Å². The minimum Gasteiger partial charge on any atom is -0.389 e. The Bertz CT molecular complexity index is 674. The number of nitrogens with zero attached hydrogens (tertiary/aromatic N) is 4. The number of aliphatic hydroxyl groups is 1. The quantitative estimate of drug-likeness (QED) is 0.693. The molecule has 0 aliphatic carbocycles. The van der Waals surface area contributed by atoms with Crippen molar-refractivity contribution in [3.8, 4) is 0 Å². The Morgan fingerprint density at radius 3 is 1.91 bits per heavy atom. The Labute approximate surface area is 138 Å². The smallest absolute Gasteiger partial charge is 0.225 e. The number of halogens is 2. The van der Waals surface area contributed by atoms with Gasteiger partial charge < -0.3 is 15.7 Å². The molecule has 0 unspecified atom stereocenters. The first kappa shape index (κ1) is 16.9. The second-order valence-electron chi connectivity index (χ2n) is 5.47. The van der Waals surface area contributed by atoms with Gasteiger partial charge in [0.25, 0.3) is 0 Å². The fraction of sp³-hybridized carbons (Fsp3) is 0.538. The number of hydrogen-bond donors (Lipinski definition) is 3. The lowest BCUT2D eigenvalue weighted by Gasteiger charge is -2.19. The molecule has 2 rings (SSSR count). The molecule has 0 spiro atoms. The van der Waals surface area contributed by atoms with Crippen molar-refractivity contribution in [3.05, 3.63) is 10.6 Å². The third kappa shape index (κ3) is 4.28. The standard InChI is InChI=1S/C13H18Cl2N6O/c1-4-5-16-9-7-8(19-11(14)20-9)10(21-12(15)18-7)17-6-13(2,3)22/h22H,4-6H2,1-3H3,(H,16,19,20)(H,17,18,21). The van der Waals surface area contributed by atoms with Crippen molar-refractivity contribution in [3.63, 3.8) is 0 Å². The van der Waals surface area contributed by atoms with E-state index in [9.17, 15) is 5.11 Å². The van der Waals surface area contributed by atoms with Crippen molar-refractivity contribution < 1.29 is 5.11 Å². The zero-order valence-corrected chi connectivity index (χ0v) is 14.1. The van der Waals surface area contributed by atoms with E-state index < -0.39 is 5.60 Å². The van der Waals surface area contributed by atoms with Gasteiger partial charge in [0.05, 0.1) is 5.60 Å². The van der Waals surface area contributed by atoms with Gasteiger partial charge in [-0.2, -0.15) is 9.97 Å². The third-order valence-corrected chi connectivity index (χ3v) is 3.06. The number of anilines is 2. The molecule has 9 heteroatoms. The summed E-state index contributed by atoms with van der Waals surface area (Å²) in [6, 6.07) is 0. The van der Waals surface area contributed by atoms with Gasteiger partial charge in [0.15, 0.2) is 11.6 Å². The van der Waals surface area contributed by atoms with E-state index in [1.165, 1.54) is 0 Å². The molecule has 2 heterocycles. The Balaban J connectivity index is 2.50. The average molecular weight is 345 g/mol. The number of aromatic nitrogens is 4. The van der Waals surface area contributed by atoms with E-state index in [4.69, 9.17) is 23.2 Å². The van der Waals surface area contributed by atoms with Crippen LogP contribution in [0.3, 0.4) is 0 Å². The molecule has 0 bridgehead atoms. The van der Waals surface area contributed by atoms with E-state index in [1.807, 2.05) is 6.92 Å². The summed E-state index contributed by atoms with van der Waals surface area (Å²) in [7, 11) is 0. The van der Waals surface area contributed by atoms with Crippen LogP contribution < -0.4 is 10.6 Å². The molecule has 0 saturated carbocycles. The second kappa shape index (κ2) is 6.76. The summed E-state index contributed by atoms with van der Waals surface area (Å²) in [4.78, 5) is 16.6. The largest absolute Gasteiger partial charge is 0.389 e. The van der Waals surface area contributed by atoms with Crippen LogP contribution in [-0.4, -0.2) is 43.7 Å². The molecule has 0 aromatic carbocycles. The molecule has 0 aliphatic heterocycles. The van der Waals surface area contributed by atoms with Gasteiger partial charge in [-0.15, -0.1) is 0 Å². The van der Waals surface area contributed by atoms with Crippen LogP contribution in [0.25, 0.3) is 11.0 Å². The van der Waals surface area contributed by atoms with Crippen molar-refractivity contribution >= 4 is 45.9 Å². The molecule has 22 heavy (non-hydrogen) atoms. The summed E-state index contributed by atoms with van der Waals surface area (Å²) < 4.78 is 0. The lowest BCUT2D eigenvalue weighted by molar-refractivity contribution is 0.0944. The zero-order chi connectivity index (χ0) is 16.3. The number of rotatable bonds is 6. The van der Waals surface area contributed by atoms with Crippen LogP contribution in [0.2, 0.25) is 10.6 Å². The van der Waals surface area contributed by atoms with Crippen LogP contribution in [0, 0.1) is 0 Å². The lowest BCUT2D eigenvalue weighted by atomic mass is 10.1. The highest BCUT2D eigenvalue weighted by Gasteiger charge is 2.17. The highest BCUT2D eigenvalue weighted by molar-refractivity contribution is 6.30. The molecule has 0 aliphatic rings. The molecule has 7 nitrogen and oxygen atoms in total. The molecule has 0 radical (unpaired) electrons. The molecule has 0 saturated heterocycles. The SMILES string of the molecule is CCCNc1nc(Cl)nc2c(NCC(C)(C)O)nc(Cl)nc12. The van der Waals surface area contributed by atoms with Crippen LogP contribution in [0.5, 0.6) is 0 Å². The molecular weight excluding hydrogens is 327 g/mol. The van der Waals surface area contributed by atoms with E-state index in [-0.39, 0.29) is 17.1 Å². The molecule has 0 fully saturated rings. The summed E-state index contributed by atoms with van der Waals surface area (Å²) in [5.74, 6) is 0.911. The average Bonchev–Trinajstić information content (AvgIpc) is 2.42. The van der Waals surface area contributed by atoms with Gasteiger partial charge >= 0.3 is 0 Å². The van der Waals surface area contributed by atoms with Gasteiger partial charge in [-0.1, -0.05) is 6.92 Å². The van der Waals surface area contributed by atoms with Crippen molar-refractivity contribution in [2.45, 2.75) is 32.8 Å². The monoisotopic (exact) mass is 344 g/mol. The second-order valence-corrected chi connectivity index (χ2v) is 6.15. The van der Waals surface area contributed by atoms with Gasteiger partial charge in [-0.25, -0.2) is 9.97 Å². The summed E-state index contributed by atoms with van der Waals surface area (Å²) in [5, 5.41) is 16.1. The molecule has 2 aromatic rings. The fourth-order valence-corrected chi connectivity index (χ4v) is 2.09. The van der Waals surface area contributed by atoms with Gasteiger partial charge in [0.2, 0.25) is 10.6 Å².